The Labute approximate surface area is 131 Å². The van der Waals surface area contributed by atoms with Gasteiger partial charge in [0.2, 0.25) is 0 Å². The van der Waals surface area contributed by atoms with Crippen molar-refractivity contribution in [3.63, 3.8) is 0 Å². The minimum absolute atomic E-state index is 0.233. The highest BCUT2D eigenvalue weighted by atomic mass is 35.5. The molecule has 0 heterocycles. The van der Waals surface area contributed by atoms with Gasteiger partial charge in [-0.1, -0.05) is 35.3 Å². The molecule has 21 heavy (non-hydrogen) atoms. The van der Waals surface area contributed by atoms with E-state index < -0.39 is 5.82 Å². The predicted molar refractivity (Wildman–Crippen MR) is 81.3 cm³/mol. The zero-order valence-electron chi connectivity index (χ0n) is 11.0. The standard InChI is InChI=1S/C15H14Cl2F2N2/c16-11-3-1-10(15(19)7-11)6-13(21-20)5-9-2-4-12(18)8-14(9)17/h1-4,7-8,13,21H,5-6,20H2. The molecule has 2 nitrogen and oxygen atoms in total. The van der Waals surface area contributed by atoms with E-state index in [9.17, 15) is 8.78 Å². The molecule has 2 aromatic carbocycles. The molecule has 2 aromatic rings. The maximum Gasteiger partial charge on any atom is 0.127 e. The van der Waals surface area contributed by atoms with Crippen LogP contribution >= 0.6 is 23.2 Å². The fourth-order valence-electron chi connectivity index (χ4n) is 2.10. The van der Waals surface area contributed by atoms with Crippen LogP contribution in [0.4, 0.5) is 8.78 Å². The summed E-state index contributed by atoms with van der Waals surface area (Å²) in [5.41, 5.74) is 3.88. The van der Waals surface area contributed by atoms with E-state index in [0.717, 1.165) is 5.56 Å². The van der Waals surface area contributed by atoms with Crippen LogP contribution in [-0.4, -0.2) is 6.04 Å². The number of nitrogens with two attached hydrogens (primary N) is 1. The van der Waals surface area contributed by atoms with Crippen LogP contribution in [0.15, 0.2) is 36.4 Å². The van der Waals surface area contributed by atoms with Gasteiger partial charge in [0.05, 0.1) is 0 Å². The van der Waals surface area contributed by atoms with Crippen molar-refractivity contribution in [2.45, 2.75) is 18.9 Å². The highest BCUT2D eigenvalue weighted by Gasteiger charge is 2.14. The normalized spacial score (nSPS) is 12.4. The molecule has 0 aliphatic heterocycles. The zero-order chi connectivity index (χ0) is 15.4. The number of hydrazine groups is 1. The highest BCUT2D eigenvalue weighted by molar-refractivity contribution is 6.31. The predicted octanol–water partition coefficient (Wildman–Crippen LogP) is 3.89. The SMILES string of the molecule is NNC(Cc1ccc(Cl)cc1F)Cc1ccc(F)cc1Cl. The molecule has 3 N–H and O–H groups in total. The summed E-state index contributed by atoms with van der Waals surface area (Å²) in [6.07, 6.45) is 0.824. The van der Waals surface area contributed by atoms with Gasteiger partial charge in [-0.2, -0.15) is 0 Å². The fourth-order valence-corrected chi connectivity index (χ4v) is 2.50. The summed E-state index contributed by atoms with van der Waals surface area (Å²) in [5, 5.41) is 0.668. The molecular weight excluding hydrogens is 317 g/mol. The molecule has 6 heteroatoms. The van der Waals surface area contributed by atoms with E-state index in [1.165, 1.54) is 18.2 Å². The van der Waals surface area contributed by atoms with Crippen molar-refractivity contribution in [3.8, 4) is 0 Å². The molecule has 0 saturated carbocycles. The van der Waals surface area contributed by atoms with Gasteiger partial charge in [-0.05, 0) is 48.2 Å². The van der Waals surface area contributed by atoms with Gasteiger partial charge in [0, 0.05) is 16.1 Å². The second-order valence-electron chi connectivity index (χ2n) is 4.74. The summed E-state index contributed by atoms with van der Waals surface area (Å²) in [6, 6.07) is 8.44. The average Bonchev–Trinajstić information content (AvgIpc) is 2.43. The number of nitrogens with one attached hydrogen (secondary N) is 1. The molecule has 112 valence electrons. The third-order valence-electron chi connectivity index (χ3n) is 3.20. The molecule has 0 aliphatic rings. The summed E-state index contributed by atoms with van der Waals surface area (Å²) < 4.78 is 26.8. The van der Waals surface area contributed by atoms with E-state index in [1.54, 1.807) is 18.2 Å². The minimum Gasteiger partial charge on any atom is -0.271 e. The second kappa shape index (κ2) is 7.18. The Bertz CT molecular complexity index is 582. The molecule has 0 spiro atoms. The average molecular weight is 331 g/mol. The first kappa shape index (κ1) is 16.2. The van der Waals surface area contributed by atoms with Gasteiger partial charge in [0.15, 0.2) is 0 Å². The van der Waals surface area contributed by atoms with E-state index in [0.29, 0.717) is 28.5 Å². The van der Waals surface area contributed by atoms with Crippen LogP contribution in [-0.2, 0) is 12.8 Å². The Morgan fingerprint density at radius 2 is 1.67 bits per heavy atom. The smallest absolute Gasteiger partial charge is 0.127 e. The largest absolute Gasteiger partial charge is 0.271 e. The van der Waals surface area contributed by atoms with E-state index in [4.69, 9.17) is 29.0 Å². The summed E-state index contributed by atoms with van der Waals surface area (Å²) in [5.74, 6) is 4.73. The molecule has 0 aliphatic carbocycles. The van der Waals surface area contributed by atoms with E-state index in [2.05, 4.69) is 5.43 Å². The number of halogens is 4. The zero-order valence-corrected chi connectivity index (χ0v) is 12.6. The topological polar surface area (TPSA) is 38.0 Å². The van der Waals surface area contributed by atoms with Gasteiger partial charge in [0.25, 0.3) is 0 Å². The van der Waals surface area contributed by atoms with Crippen molar-refractivity contribution in [2.75, 3.05) is 0 Å². The van der Waals surface area contributed by atoms with Gasteiger partial charge in [-0.3, -0.25) is 11.3 Å². The minimum atomic E-state index is -0.398. The van der Waals surface area contributed by atoms with Crippen molar-refractivity contribution in [3.05, 3.63) is 69.2 Å². The Hall–Kier alpha value is -1.20. The summed E-state index contributed by atoms with van der Waals surface area (Å²) in [4.78, 5) is 0. The lowest BCUT2D eigenvalue weighted by Crippen LogP contribution is -2.38. The molecule has 0 radical (unpaired) electrons. The van der Waals surface area contributed by atoms with E-state index >= 15 is 0 Å². The first-order valence-electron chi connectivity index (χ1n) is 6.33. The second-order valence-corrected chi connectivity index (χ2v) is 5.59. The van der Waals surface area contributed by atoms with Crippen molar-refractivity contribution >= 4 is 23.2 Å². The Kier molecular flexibility index (Phi) is 5.53. The fraction of sp³-hybridized carbons (Fsp3) is 0.200. The van der Waals surface area contributed by atoms with Crippen LogP contribution in [0.5, 0.6) is 0 Å². The third kappa shape index (κ3) is 4.38. The van der Waals surface area contributed by atoms with Crippen LogP contribution in [0.2, 0.25) is 10.0 Å². The lowest BCUT2D eigenvalue weighted by Gasteiger charge is -2.17. The van der Waals surface area contributed by atoms with Crippen LogP contribution < -0.4 is 11.3 Å². The molecule has 1 atom stereocenters. The van der Waals surface area contributed by atoms with Gasteiger partial charge in [-0.15, -0.1) is 0 Å². The van der Waals surface area contributed by atoms with Crippen LogP contribution in [0, 0.1) is 11.6 Å². The number of hydrogen-bond donors (Lipinski definition) is 2. The number of rotatable bonds is 5. The molecule has 0 aromatic heterocycles. The molecule has 0 fully saturated rings. The molecule has 0 saturated heterocycles. The molecule has 1 unspecified atom stereocenters. The molecule has 0 amide bonds. The van der Waals surface area contributed by atoms with Gasteiger partial charge < -0.3 is 0 Å². The van der Waals surface area contributed by atoms with Crippen LogP contribution in [0.1, 0.15) is 11.1 Å². The highest BCUT2D eigenvalue weighted by Crippen LogP contribution is 2.21. The van der Waals surface area contributed by atoms with Crippen molar-refractivity contribution < 1.29 is 8.78 Å². The molecule has 0 bridgehead atoms. The summed E-state index contributed by atoms with van der Waals surface area (Å²) in [7, 11) is 0. The van der Waals surface area contributed by atoms with Crippen LogP contribution in [0.25, 0.3) is 0 Å². The van der Waals surface area contributed by atoms with Crippen LogP contribution in [0.3, 0.4) is 0 Å². The third-order valence-corrected chi connectivity index (χ3v) is 3.79. The lowest BCUT2D eigenvalue weighted by molar-refractivity contribution is 0.506. The van der Waals surface area contributed by atoms with Gasteiger partial charge >= 0.3 is 0 Å². The number of benzene rings is 2. The first-order valence-corrected chi connectivity index (χ1v) is 7.09. The quantitative estimate of drug-likeness (QED) is 0.644. The molecular formula is C15H14Cl2F2N2. The Morgan fingerprint density at radius 3 is 2.29 bits per heavy atom. The maximum absolute atomic E-state index is 13.8. The summed E-state index contributed by atoms with van der Waals surface area (Å²) >= 11 is 11.7. The van der Waals surface area contributed by atoms with Crippen molar-refractivity contribution in [1.82, 2.24) is 5.43 Å². The summed E-state index contributed by atoms with van der Waals surface area (Å²) in [6.45, 7) is 0. The van der Waals surface area contributed by atoms with Crippen molar-refractivity contribution in [1.29, 1.82) is 0 Å². The monoisotopic (exact) mass is 330 g/mol. The Balaban J connectivity index is 2.13. The van der Waals surface area contributed by atoms with E-state index in [1.807, 2.05) is 0 Å². The first-order chi connectivity index (χ1) is 9.99. The number of hydrogen-bond acceptors (Lipinski definition) is 2. The van der Waals surface area contributed by atoms with Gasteiger partial charge in [-0.25, -0.2) is 8.78 Å². The van der Waals surface area contributed by atoms with E-state index in [-0.39, 0.29) is 11.9 Å². The lowest BCUT2D eigenvalue weighted by atomic mass is 9.99. The Morgan fingerprint density at radius 1 is 1.00 bits per heavy atom. The van der Waals surface area contributed by atoms with Gasteiger partial charge in [0.1, 0.15) is 11.6 Å². The molecule has 2 rings (SSSR count). The van der Waals surface area contributed by atoms with Crippen molar-refractivity contribution in [2.24, 2.45) is 5.84 Å². The maximum atomic E-state index is 13.8.